The molecule has 1 aromatic rings. The summed E-state index contributed by atoms with van der Waals surface area (Å²) in [4.78, 5) is 49.0. The van der Waals surface area contributed by atoms with Gasteiger partial charge in [0, 0.05) is 5.69 Å². The zero-order valence-electron chi connectivity index (χ0n) is 13.8. The second kappa shape index (κ2) is 6.54. The number of nitrogens with zero attached hydrogens (tertiary/aromatic N) is 1. The third-order valence-electron chi connectivity index (χ3n) is 4.59. The van der Waals surface area contributed by atoms with E-state index >= 15 is 0 Å². The number of methoxy groups -OCH3 is 1. The van der Waals surface area contributed by atoms with Crippen molar-refractivity contribution in [1.29, 1.82) is 0 Å². The first-order valence-corrected chi connectivity index (χ1v) is 8.07. The third-order valence-corrected chi connectivity index (χ3v) is 4.59. The first kappa shape index (κ1) is 16.9. The Labute approximate surface area is 144 Å². The van der Waals surface area contributed by atoms with Crippen LogP contribution in [0.4, 0.5) is 10.5 Å². The van der Waals surface area contributed by atoms with Crippen molar-refractivity contribution in [2.75, 3.05) is 19.0 Å². The van der Waals surface area contributed by atoms with Gasteiger partial charge in [-0.25, -0.2) is 9.59 Å². The predicted octanol–water partition coefficient (Wildman–Crippen LogP) is 1.28. The number of hydrogen-bond donors (Lipinski definition) is 2. The quantitative estimate of drug-likeness (QED) is 0.632. The number of benzene rings is 1. The highest BCUT2D eigenvalue weighted by molar-refractivity contribution is 6.10. The van der Waals surface area contributed by atoms with Gasteiger partial charge in [0.15, 0.2) is 0 Å². The van der Waals surface area contributed by atoms with Crippen molar-refractivity contribution in [3.8, 4) is 0 Å². The van der Waals surface area contributed by atoms with Crippen LogP contribution in [0.5, 0.6) is 0 Å². The van der Waals surface area contributed by atoms with Crippen molar-refractivity contribution in [2.24, 2.45) is 0 Å². The molecule has 4 amide bonds. The third kappa shape index (κ3) is 3.19. The molecule has 8 heteroatoms. The molecule has 1 aromatic carbocycles. The van der Waals surface area contributed by atoms with Crippen molar-refractivity contribution >= 4 is 29.5 Å². The van der Waals surface area contributed by atoms with Crippen LogP contribution in [-0.2, 0) is 14.3 Å². The van der Waals surface area contributed by atoms with E-state index in [1.807, 2.05) is 0 Å². The lowest BCUT2D eigenvalue weighted by Gasteiger charge is -2.19. The number of rotatable bonds is 4. The van der Waals surface area contributed by atoms with Crippen molar-refractivity contribution in [3.05, 3.63) is 29.8 Å². The van der Waals surface area contributed by atoms with Gasteiger partial charge in [-0.2, -0.15) is 0 Å². The molecule has 1 saturated heterocycles. The van der Waals surface area contributed by atoms with Crippen LogP contribution in [0.2, 0.25) is 0 Å². The zero-order chi connectivity index (χ0) is 18.0. The molecule has 2 aliphatic rings. The lowest BCUT2D eigenvalue weighted by Crippen LogP contribution is -2.44. The van der Waals surface area contributed by atoms with E-state index < -0.39 is 23.4 Å². The van der Waals surface area contributed by atoms with Crippen LogP contribution < -0.4 is 10.6 Å². The highest BCUT2D eigenvalue weighted by Crippen LogP contribution is 2.34. The monoisotopic (exact) mass is 345 g/mol. The zero-order valence-corrected chi connectivity index (χ0v) is 13.8. The van der Waals surface area contributed by atoms with E-state index in [0.29, 0.717) is 24.1 Å². The van der Waals surface area contributed by atoms with E-state index in [9.17, 15) is 19.2 Å². The van der Waals surface area contributed by atoms with E-state index in [0.717, 1.165) is 17.7 Å². The fourth-order valence-electron chi connectivity index (χ4n) is 3.29. The number of urea groups is 1. The number of hydrogen-bond acceptors (Lipinski definition) is 5. The summed E-state index contributed by atoms with van der Waals surface area (Å²) in [6, 6.07) is 5.61. The molecule has 8 nitrogen and oxygen atoms in total. The first-order valence-electron chi connectivity index (χ1n) is 8.07. The molecule has 1 aliphatic carbocycles. The van der Waals surface area contributed by atoms with E-state index in [2.05, 4.69) is 15.4 Å². The Kier molecular flexibility index (Phi) is 4.43. The SMILES string of the molecule is COC(=O)c1ccc(NC(=O)CN2C(=O)NC3(CCCC3)C2=O)cc1. The summed E-state index contributed by atoms with van der Waals surface area (Å²) >= 11 is 0. The van der Waals surface area contributed by atoms with Gasteiger partial charge in [0.2, 0.25) is 5.91 Å². The summed E-state index contributed by atoms with van der Waals surface area (Å²) < 4.78 is 4.60. The Morgan fingerprint density at radius 1 is 1.20 bits per heavy atom. The van der Waals surface area contributed by atoms with Gasteiger partial charge in [-0.15, -0.1) is 0 Å². The number of carbonyl (C=O) groups is 4. The Hall–Kier alpha value is -2.90. The summed E-state index contributed by atoms with van der Waals surface area (Å²) in [7, 11) is 1.28. The lowest BCUT2D eigenvalue weighted by atomic mass is 9.98. The van der Waals surface area contributed by atoms with Crippen LogP contribution in [0.1, 0.15) is 36.0 Å². The first-order chi connectivity index (χ1) is 11.9. The second-order valence-corrected chi connectivity index (χ2v) is 6.23. The summed E-state index contributed by atoms with van der Waals surface area (Å²) in [5, 5.41) is 5.34. The van der Waals surface area contributed by atoms with E-state index in [1.54, 1.807) is 12.1 Å². The highest BCUT2D eigenvalue weighted by atomic mass is 16.5. The fraction of sp³-hybridized carbons (Fsp3) is 0.412. The summed E-state index contributed by atoms with van der Waals surface area (Å²) in [5.41, 5.74) is -0.00227. The minimum atomic E-state index is -0.820. The molecule has 0 bridgehead atoms. The van der Waals surface area contributed by atoms with Crippen molar-refractivity contribution < 1.29 is 23.9 Å². The maximum atomic E-state index is 12.5. The van der Waals surface area contributed by atoms with Crippen molar-refractivity contribution in [3.63, 3.8) is 0 Å². The Bertz CT molecular complexity index is 722. The van der Waals surface area contributed by atoms with Crippen LogP contribution in [0, 0.1) is 0 Å². The molecular weight excluding hydrogens is 326 g/mol. The number of ether oxygens (including phenoxy) is 1. The van der Waals surface area contributed by atoms with Crippen molar-refractivity contribution in [1.82, 2.24) is 10.2 Å². The number of esters is 1. The molecule has 0 radical (unpaired) electrons. The fourth-order valence-corrected chi connectivity index (χ4v) is 3.29. The van der Waals surface area contributed by atoms with Crippen LogP contribution in [-0.4, -0.2) is 47.9 Å². The van der Waals surface area contributed by atoms with E-state index in [-0.39, 0.29) is 12.5 Å². The molecule has 25 heavy (non-hydrogen) atoms. The summed E-state index contributed by atoms with van der Waals surface area (Å²) in [6.07, 6.45) is 3.01. The largest absolute Gasteiger partial charge is 0.465 e. The Morgan fingerprint density at radius 3 is 2.44 bits per heavy atom. The molecule has 0 unspecified atom stereocenters. The average molecular weight is 345 g/mol. The molecule has 1 aliphatic heterocycles. The summed E-state index contributed by atoms with van der Waals surface area (Å²) in [5.74, 6) is -1.28. The molecular formula is C17H19N3O5. The van der Waals surface area contributed by atoms with Gasteiger partial charge in [0.05, 0.1) is 12.7 Å². The van der Waals surface area contributed by atoms with Gasteiger partial charge < -0.3 is 15.4 Å². The maximum absolute atomic E-state index is 12.5. The highest BCUT2D eigenvalue weighted by Gasteiger charge is 2.52. The van der Waals surface area contributed by atoms with Crippen LogP contribution in [0.3, 0.4) is 0 Å². The molecule has 132 valence electrons. The van der Waals surface area contributed by atoms with Crippen LogP contribution in [0.15, 0.2) is 24.3 Å². The average Bonchev–Trinajstić information content (AvgIpc) is 3.16. The molecule has 3 rings (SSSR count). The van der Waals surface area contributed by atoms with Crippen LogP contribution >= 0.6 is 0 Å². The number of anilines is 1. The van der Waals surface area contributed by atoms with Gasteiger partial charge in [-0.3, -0.25) is 14.5 Å². The predicted molar refractivity (Wildman–Crippen MR) is 87.9 cm³/mol. The molecule has 0 atom stereocenters. The molecule has 2 fully saturated rings. The standard InChI is InChI=1S/C17H19N3O5/c1-25-14(22)11-4-6-12(7-5-11)18-13(21)10-20-15(23)17(19-16(20)24)8-2-3-9-17/h4-7H,2-3,8-10H2,1H3,(H,18,21)(H,19,24). The van der Waals surface area contributed by atoms with E-state index in [1.165, 1.54) is 19.2 Å². The van der Waals surface area contributed by atoms with Gasteiger partial charge in [0.25, 0.3) is 5.91 Å². The van der Waals surface area contributed by atoms with E-state index in [4.69, 9.17) is 0 Å². The number of carbonyl (C=O) groups excluding carboxylic acids is 4. The summed E-state index contributed by atoms with van der Waals surface area (Å²) in [6.45, 7) is -0.342. The van der Waals surface area contributed by atoms with Gasteiger partial charge in [-0.1, -0.05) is 12.8 Å². The molecule has 0 aromatic heterocycles. The van der Waals surface area contributed by atoms with Crippen LogP contribution in [0.25, 0.3) is 0 Å². The van der Waals surface area contributed by atoms with Gasteiger partial charge in [0.1, 0.15) is 12.1 Å². The molecule has 1 heterocycles. The second-order valence-electron chi connectivity index (χ2n) is 6.23. The number of imide groups is 1. The normalized spacial score (nSPS) is 18.4. The van der Waals surface area contributed by atoms with Gasteiger partial charge in [-0.05, 0) is 37.1 Å². The molecule has 2 N–H and O–H groups in total. The van der Waals surface area contributed by atoms with Gasteiger partial charge >= 0.3 is 12.0 Å². The maximum Gasteiger partial charge on any atom is 0.337 e. The Balaban J connectivity index is 1.62. The number of amides is 4. The number of nitrogens with one attached hydrogen (secondary N) is 2. The molecule has 1 saturated carbocycles. The molecule has 1 spiro atoms. The topological polar surface area (TPSA) is 105 Å². The van der Waals surface area contributed by atoms with Crippen molar-refractivity contribution in [2.45, 2.75) is 31.2 Å². The minimum absolute atomic E-state index is 0.328. The Morgan fingerprint density at radius 2 is 1.84 bits per heavy atom. The minimum Gasteiger partial charge on any atom is -0.465 e. The lowest BCUT2D eigenvalue weighted by molar-refractivity contribution is -0.133. The smallest absolute Gasteiger partial charge is 0.337 e.